The van der Waals surface area contributed by atoms with Gasteiger partial charge in [-0.05, 0) is 62.4 Å². The van der Waals surface area contributed by atoms with E-state index in [0.29, 0.717) is 0 Å². The van der Waals surface area contributed by atoms with Gasteiger partial charge in [-0.2, -0.15) is 0 Å². The van der Waals surface area contributed by atoms with Crippen LogP contribution in [0.25, 0.3) is 0 Å². The third kappa shape index (κ3) is 4.80. The Morgan fingerprint density at radius 2 is 1.50 bits per heavy atom. The van der Waals surface area contributed by atoms with E-state index in [4.69, 9.17) is 0 Å². The SMILES string of the molecule is CCN(CC)c1ccc(Nc2ccc(NS(=O)(=O)c3ccccc3)nc2)cc1. The van der Waals surface area contributed by atoms with Crippen molar-refractivity contribution >= 4 is 32.9 Å². The molecule has 0 aliphatic rings. The molecule has 0 saturated carbocycles. The molecule has 7 heteroatoms. The quantitative estimate of drug-likeness (QED) is 0.587. The molecule has 2 aromatic carbocycles. The van der Waals surface area contributed by atoms with Gasteiger partial charge in [0.15, 0.2) is 0 Å². The molecular formula is C21H24N4O2S. The first kappa shape index (κ1) is 19.7. The number of hydrogen-bond donors (Lipinski definition) is 2. The molecule has 0 atom stereocenters. The van der Waals surface area contributed by atoms with E-state index in [1.807, 2.05) is 12.1 Å². The highest BCUT2D eigenvalue weighted by molar-refractivity contribution is 7.92. The molecule has 146 valence electrons. The summed E-state index contributed by atoms with van der Waals surface area (Å²) in [5.74, 6) is 0.270. The highest BCUT2D eigenvalue weighted by Crippen LogP contribution is 2.22. The number of nitrogens with one attached hydrogen (secondary N) is 2. The van der Waals surface area contributed by atoms with Gasteiger partial charge in [0.2, 0.25) is 0 Å². The lowest BCUT2D eigenvalue weighted by atomic mass is 10.2. The predicted molar refractivity (Wildman–Crippen MR) is 115 cm³/mol. The summed E-state index contributed by atoms with van der Waals surface area (Å²) in [7, 11) is -3.64. The zero-order valence-corrected chi connectivity index (χ0v) is 16.8. The smallest absolute Gasteiger partial charge is 0.263 e. The van der Waals surface area contributed by atoms with E-state index in [0.717, 1.165) is 24.5 Å². The van der Waals surface area contributed by atoms with Crippen molar-refractivity contribution in [3.05, 3.63) is 72.9 Å². The average molecular weight is 397 g/mol. The Bertz CT molecular complexity index is 985. The van der Waals surface area contributed by atoms with Crippen LogP contribution >= 0.6 is 0 Å². The molecular weight excluding hydrogens is 372 g/mol. The van der Waals surface area contributed by atoms with Crippen LogP contribution in [0.4, 0.5) is 22.9 Å². The molecule has 0 aliphatic heterocycles. The molecule has 0 bridgehead atoms. The third-order valence-electron chi connectivity index (χ3n) is 4.34. The summed E-state index contributed by atoms with van der Waals surface area (Å²) in [6, 6.07) is 19.8. The molecule has 0 amide bonds. The fraction of sp³-hybridized carbons (Fsp3) is 0.190. The van der Waals surface area contributed by atoms with Gasteiger partial charge < -0.3 is 10.2 Å². The fourth-order valence-electron chi connectivity index (χ4n) is 2.84. The maximum atomic E-state index is 12.3. The van der Waals surface area contributed by atoms with Crippen LogP contribution in [0.2, 0.25) is 0 Å². The molecule has 1 heterocycles. The van der Waals surface area contributed by atoms with Crippen molar-refractivity contribution in [2.24, 2.45) is 0 Å². The Balaban J connectivity index is 1.66. The van der Waals surface area contributed by atoms with Crippen molar-refractivity contribution in [3.63, 3.8) is 0 Å². The lowest BCUT2D eigenvalue weighted by Crippen LogP contribution is -2.21. The Morgan fingerprint density at radius 1 is 0.857 bits per heavy atom. The summed E-state index contributed by atoms with van der Waals surface area (Å²) in [6.07, 6.45) is 1.60. The second kappa shape index (κ2) is 8.75. The number of nitrogens with zero attached hydrogens (tertiary/aromatic N) is 2. The first-order valence-corrected chi connectivity index (χ1v) is 10.7. The fourth-order valence-corrected chi connectivity index (χ4v) is 3.86. The normalized spacial score (nSPS) is 11.1. The van der Waals surface area contributed by atoms with Crippen LogP contribution in [0.1, 0.15) is 13.8 Å². The monoisotopic (exact) mass is 396 g/mol. The third-order valence-corrected chi connectivity index (χ3v) is 5.71. The van der Waals surface area contributed by atoms with Gasteiger partial charge in [-0.25, -0.2) is 13.4 Å². The summed E-state index contributed by atoms with van der Waals surface area (Å²) in [5, 5.41) is 3.27. The van der Waals surface area contributed by atoms with Gasteiger partial charge in [-0.1, -0.05) is 18.2 Å². The zero-order valence-electron chi connectivity index (χ0n) is 16.0. The average Bonchev–Trinajstić information content (AvgIpc) is 2.72. The number of rotatable bonds is 8. The Hall–Kier alpha value is -3.06. The molecule has 2 N–H and O–H groups in total. The lowest BCUT2D eigenvalue weighted by molar-refractivity contribution is 0.601. The van der Waals surface area contributed by atoms with Gasteiger partial charge in [0.05, 0.1) is 16.8 Å². The molecule has 0 saturated heterocycles. The second-order valence-electron chi connectivity index (χ2n) is 6.19. The zero-order chi connectivity index (χ0) is 20.0. The molecule has 0 spiro atoms. The Labute approximate surface area is 166 Å². The van der Waals surface area contributed by atoms with Gasteiger partial charge in [-0.3, -0.25) is 4.72 Å². The van der Waals surface area contributed by atoms with Crippen LogP contribution in [0.3, 0.4) is 0 Å². The number of aromatic nitrogens is 1. The first-order valence-electron chi connectivity index (χ1n) is 9.18. The number of hydrogen-bond acceptors (Lipinski definition) is 5. The highest BCUT2D eigenvalue weighted by Gasteiger charge is 2.13. The molecule has 0 radical (unpaired) electrons. The molecule has 28 heavy (non-hydrogen) atoms. The minimum absolute atomic E-state index is 0.201. The largest absolute Gasteiger partial charge is 0.372 e. The van der Waals surface area contributed by atoms with Crippen molar-refractivity contribution in [2.45, 2.75) is 18.7 Å². The van der Waals surface area contributed by atoms with E-state index >= 15 is 0 Å². The van der Waals surface area contributed by atoms with E-state index in [2.05, 4.69) is 45.9 Å². The van der Waals surface area contributed by atoms with Gasteiger partial charge in [0.25, 0.3) is 10.0 Å². The molecule has 0 aliphatic carbocycles. The van der Waals surface area contributed by atoms with Gasteiger partial charge >= 0.3 is 0 Å². The van der Waals surface area contributed by atoms with E-state index < -0.39 is 10.0 Å². The van der Waals surface area contributed by atoms with Crippen molar-refractivity contribution in [1.29, 1.82) is 0 Å². The highest BCUT2D eigenvalue weighted by atomic mass is 32.2. The standard InChI is InChI=1S/C21H24N4O2S/c1-3-25(4-2)19-13-10-17(11-14-19)23-18-12-15-21(22-16-18)24-28(26,27)20-8-6-5-7-9-20/h5-16,23H,3-4H2,1-2H3,(H,22,24). The van der Waals surface area contributed by atoms with Crippen molar-refractivity contribution in [2.75, 3.05) is 28.0 Å². The van der Waals surface area contributed by atoms with Crippen molar-refractivity contribution in [1.82, 2.24) is 4.98 Å². The molecule has 0 unspecified atom stereocenters. The number of pyridine rings is 1. The summed E-state index contributed by atoms with van der Waals surface area (Å²) in [5.41, 5.74) is 2.90. The maximum Gasteiger partial charge on any atom is 0.263 e. The van der Waals surface area contributed by atoms with E-state index in [9.17, 15) is 8.42 Å². The maximum absolute atomic E-state index is 12.3. The summed E-state index contributed by atoms with van der Waals surface area (Å²) in [4.78, 5) is 6.67. The predicted octanol–water partition coefficient (Wildman–Crippen LogP) is 4.47. The van der Waals surface area contributed by atoms with Gasteiger partial charge in [-0.15, -0.1) is 0 Å². The molecule has 0 fully saturated rings. The summed E-state index contributed by atoms with van der Waals surface area (Å²) >= 11 is 0. The summed E-state index contributed by atoms with van der Waals surface area (Å²) < 4.78 is 27.2. The van der Waals surface area contributed by atoms with Crippen LogP contribution in [0.15, 0.2) is 77.8 Å². The van der Waals surface area contributed by atoms with Crippen LogP contribution in [0, 0.1) is 0 Å². The van der Waals surface area contributed by atoms with Crippen molar-refractivity contribution < 1.29 is 8.42 Å². The topological polar surface area (TPSA) is 74.3 Å². The van der Waals surface area contributed by atoms with E-state index in [-0.39, 0.29) is 10.7 Å². The number of sulfonamides is 1. The van der Waals surface area contributed by atoms with Crippen molar-refractivity contribution in [3.8, 4) is 0 Å². The van der Waals surface area contributed by atoms with Crippen LogP contribution < -0.4 is 14.9 Å². The minimum atomic E-state index is -3.64. The molecule has 3 aromatic rings. The molecule has 6 nitrogen and oxygen atoms in total. The second-order valence-corrected chi connectivity index (χ2v) is 7.88. The lowest BCUT2D eigenvalue weighted by Gasteiger charge is -2.21. The summed E-state index contributed by atoms with van der Waals surface area (Å²) in [6.45, 7) is 6.20. The van der Waals surface area contributed by atoms with Crippen LogP contribution in [-0.4, -0.2) is 26.5 Å². The minimum Gasteiger partial charge on any atom is -0.372 e. The van der Waals surface area contributed by atoms with Gasteiger partial charge in [0.1, 0.15) is 5.82 Å². The Kier molecular flexibility index (Phi) is 6.16. The van der Waals surface area contributed by atoms with E-state index in [1.54, 1.807) is 48.7 Å². The molecule has 3 rings (SSSR count). The number of benzene rings is 2. The molecule has 1 aromatic heterocycles. The van der Waals surface area contributed by atoms with Crippen LogP contribution in [-0.2, 0) is 10.0 Å². The first-order chi connectivity index (χ1) is 13.5. The number of anilines is 4. The van der Waals surface area contributed by atoms with Gasteiger partial charge in [0, 0.05) is 24.5 Å². The Morgan fingerprint density at radius 3 is 2.07 bits per heavy atom. The van der Waals surface area contributed by atoms with E-state index in [1.165, 1.54) is 5.69 Å². The van der Waals surface area contributed by atoms with Crippen LogP contribution in [0.5, 0.6) is 0 Å².